The highest BCUT2D eigenvalue weighted by molar-refractivity contribution is 6.32. The Morgan fingerprint density at radius 3 is 2.66 bits per heavy atom. The Morgan fingerprint density at radius 1 is 1.10 bits per heavy atom. The molecule has 8 heteroatoms. The van der Waals surface area contributed by atoms with Crippen molar-refractivity contribution in [1.29, 1.82) is 0 Å². The van der Waals surface area contributed by atoms with E-state index in [2.05, 4.69) is 31.7 Å². The van der Waals surface area contributed by atoms with Gasteiger partial charge in [0.05, 0.1) is 10.7 Å². The summed E-state index contributed by atoms with van der Waals surface area (Å²) in [4.78, 5) is 17.5. The van der Waals surface area contributed by atoms with Crippen LogP contribution in [0.3, 0.4) is 0 Å². The summed E-state index contributed by atoms with van der Waals surface area (Å²) in [5.74, 6) is 1.24. The van der Waals surface area contributed by atoms with Gasteiger partial charge in [-0.15, -0.1) is 0 Å². The van der Waals surface area contributed by atoms with Gasteiger partial charge in [0.1, 0.15) is 17.5 Å². The molecule has 1 aliphatic heterocycles. The number of piperazine rings is 1. The second kappa shape index (κ2) is 8.13. The van der Waals surface area contributed by atoms with Crippen molar-refractivity contribution in [3.63, 3.8) is 0 Å². The molecule has 0 bridgehead atoms. The molecule has 3 aromatic rings. The van der Waals surface area contributed by atoms with Crippen LogP contribution < -0.4 is 9.80 Å². The molecule has 0 radical (unpaired) electrons. The lowest BCUT2D eigenvalue weighted by Gasteiger charge is -2.41. The van der Waals surface area contributed by atoms with Crippen molar-refractivity contribution in [2.75, 3.05) is 29.4 Å². The SMILES string of the molecule is Cc1ccc(-c2cc(N3CCN(c4ncccc4Cl)C[C@H]3C)nc(Cl)n2)cc1F. The maximum absolute atomic E-state index is 14.0. The number of aromatic nitrogens is 3. The number of hydrogen-bond acceptors (Lipinski definition) is 5. The molecule has 1 fully saturated rings. The molecule has 5 nitrogen and oxygen atoms in total. The lowest BCUT2D eigenvalue weighted by atomic mass is 10.1. The molecule has 1 atom stereocenters. The molecule has 2 aromatic heterocycles. The fourth-order valence-corrected chi connectivity index (χ4v) is 3.97. The van der Waals surface area contributed by atoms with Crippen molar-refractivity contribution in [2.45, 2.75) is 19.9 Å². The third-order valence-electron chi connectivity index (χ3n) is 5.11. The number of pyridine rings is 1. The van der Waals surface area contributed by atoms with Gasteiger partial charge in [0.15, 0.2) is 0 Å². The summed E-state index contributed by atoms with van der Waals surface area (Å²) in [6.07, 6.45) is 1.75. The Bertz CT molecular complexity index is 1050. The van der Waals surface area contributed by atoms with Crippen LogP contribution in [0.15, 0.2) is 42.6 Å². The summed E-state index contributed by atoms with van der Waals surface area (Å²) in [5, 5.41) is 0.780. The summed E-state index contributed by atoms with van der Waals surface area (Å²) in [5.41, 5.74) is 1.86. The van der Waals surface area contributed by atoms with Crippen LogP contribution in [0.5, 0.6) is 0 Å². The van der Waals surface area contributed by atoms with Gasteiger partial charge in [-0.25, -0.2) is 19.3 Å². The fraction of sp³-hybridized carbons (Fsp3) is 0.286. The molecular weight excluding hydrogens is 412 g/mol. The summed E-state index contributed by atoms with van der Waals surface area (Å²) < 4.78 is 14.0. The Hall–Kier alpha value is -2.44. The first-order valence-electron chi connectivity index (χ1n) is 9.35. The van der Waals surface area contributed by atoms with Gasteiger partial charge in [0.2, 0.25) is 5.28 Å². The van der Waals surface area contributed by atoms with Crippen LogP contribution in [0.25, 0.3) is 11.3 Å². The van der Waals surface area contributed by atoms with Crippen molar-refractivity contribution < 1.29 is 4.39 Å². The zero-order valence-electron chi connectivity index (χ0n) is 16.1. The highest BCUT2D eigenvalue weighted by Gasteiger charge is 2.27. The minimum Gasteiger partial charge on any atom is -0.352 e. The average molecular weight is 432 g/mol. The maximum Gasteiger partial charge on any atom is 0.224 e. The quantitative estimate of drug-likeness (QED) is 0.545. The number of hydrogen-bond donors (Lipinski definition) is 0. The molecule has 0 saturated carbocycles. The number of halogens is 3. The first kappa shape index (κ1) is 19.9. The van der Waals surface area contributed by atoms with Crippen LogP contribution in [-0.2, 0) is 0 Å². The molecule has 0 amide bonds. The smallest absolute Gasteiger partial charge is 0.224 e. The number of benzene rings is 1. The Balaban J connectivity index is 1.60. The molecule has 0 N–H and O–H groups in total. The van der Waals surface area contributed by atoms with Gasteiger partial charge in [0, 0.05) is 43.5 Å². The van der Waals surface area contributed by atoms with Gasteiger partial charge in [-0.2, -0.15) is 0 Å². The molecule has 1 aliphatic rings. The third-order valence-corrected chi connectivity index (χ3v) is 5.58. The van der Waals surface area contributed by atoms with Crippen molar-refractivity contribution in [1.82, 2.24) is 15.0 Å². The normalized spacial score (nSPS) is 16.9. The Labute approximate surface area is 179 Å². The van der Waals surface area contributed by atoms with E-state index in [0.29, 0.717) is 21.8 Å². The topological polar surface area (TPSA) is 45.2 Å². The van der Waals surface area contributed by atoms with Gasteiger partial charge >= 0.3 is 0 Å². The first-order chi connectivity index (χ1) is 13.9. The number of aryl methyl sites for hydroxylation is 1. The van der Waals surface area contributed by atoms with Crippen LogP contribution in [-0.4, -0.2) is 40.6 Å². The second-order valence-corrected chi connectivity index (χ2v) is 7.89. The summed E-state index contributed by atoms with van der Waals surface area (Å²) in [7, 11) is 0. The van der Waals surface area contributed by atoms with E-state index in [1.165, 1.54) is 6.07 Å². The first-order valence-corrected chi connectivity index (χ1v) is 10.1. The minimum atomic E-state index is -0.270. The number of rotatable bonds is 3. The Kier molecular flexibility index (Phi) is 5.56. The highest BCUT2D eigenvalue weighted by Crippen LogP contribution is 2.29. The van der Waals surface area contributed by atoms with Crippen molar-refractivity contribution in [3.8, 4) is 11.3 Å². The van der Waals surface area contributed by atoms with Gasteiger partial charge in [-0.05, 0) is 49.2 Å². The van der Waals surface area contributed by atoms with Crippen LogP contribution in [0.4, 0.5) is 16.0 Å². The Morgan fingerprint density at radius 2 is 1.93 bits per heavy atom. The van der Waals surface area contributed by atoms with E-state index in [1.54, 1.807) is 19.2 Å². The van der Waals surface area contributed by atoms with Crippen LogP contribution in [0, 0.1) is 12.7 Å². The minimum absolute atomic E-state index is 0.140. The van der Waals surface area contributed by atoms with Crippen molar-refractivity contribution >= 4 is 34.8 Å². The standard InChI is InChI=1S/C21H20Cl2FN5/c1-13-5-6-15(10-17(13)24)18-11-19(27-21(23)26-18)29-9-8-28(12-14(29)2)20-16(22)4-3-7-25-20/h3-7,10-11,14H,8-9,12H2,1-2H3/t14-/m1/s1. The highest BCUT2D eigenvalue weighted by atomic mass is 35.5. The van der Waals surface area contributed by atoms with Gasteiger partial charge in [0.25, 0.3) is 0 Å². The summed E-state index contributed by atoms with van der Waals surface area (Å²) in [6, 6.07) is 10.7. The van der Waals surface area contributed by atoms with E-state index in [4.69, 9.17) is 23.2 Å². The van der Waals surface area contributed by atoms with Crippen LogP contribution in [0.2, 0.25) is 10.3 Å². The number of anilines is 2. The molecule has 1 saturated heterocycles. The predicted octanol–water partition coefficient (Wildman–Crippen LogP) is 5.01. The predicted molar refractivity (Wildman–Crippen MR) is 115 cm³/mol. The lowest BCUT2D eigenvalue weighted by Crippen LogP contribution is -2.52. The monoisotopic (exact) mass is 431 g/mol. The molecule has 4 rings (SSSR count). The summed E-state index contributed by atoms with van der Waals surface area (Å²) >= 11 is 12.5. The molecule has 0 unspecified atom stereocenters. The lowest BCUT2D eigenvalue weighted by molar-refractivity contribution is 0.542. The number of nitrogens with zero attached hydrogens (tertiary/aromatic N) is 5. The van der Waals surface area contributed by atoms with E-state index < -0.39 is 0 Å². The molecular formula is C21H20Cl2FN5. The van der Waals surface area contributed by atoms with Crippen LogP contribution in [0.1, 0.15) is 12.5 Å². The molecule has 1 aromatic carbocycles. The molecule has 150 valence electrons. The molecule has 29 heavy (non-hydrogen) atoms. The molecule has 3 heterocycles. The largest absolute Gasteiger partial charge is 0.352 e. The average Bonchev–Trinajstić information content (AvgIpc) is 2.70. The van der Waals surface area contributed by atoms with Crippen molar-refractivity contribution in [3.05, 3.63) is 64.3 Å². The van der Waals surface area contributed by atoms with Gasteiger partial charge < -0.3 is 9.80 Å². The zero-order valence-corrected chi connectivity index (χ0v) is 17.6. The van der Waals surface area contributed by atoms with E-state index in [-0.39, 0.29) is 17.1 Å². The second-order valence-electron chi connectivity index (χ2n) is 7.14. The van der Waals surface area contributed by atoms with Crippen LogP contribution >= 0.6 is 23.2 Å². The maximum atomic E-state index is 14.0. The third kappa shape index (κ3) is 4.14. The van der Waals surface area contributed by atoms with Crippen molar-refractivity contribution in [2.24, 2.45) is 0 Å². The van der Waals surface area contributed by atoms with Gasteiger partial charge in [-0.1, -0.05) is 23.7 Å². The molecule has 0 spiro atoms. The van der Waals surface area contributed by atoms with E-state index in [1.807, 2.05) is 24.3 Å². The van der Waals surface area contributed by atoms with E-state index >= 15 is 0 Å². The molecule has 0 aliphatic carbocycles. The summed E-state index contributed by atoms with van der Waals surface area (Å²) in [6.45, 7) is 6.06. The fourth-order valence-electron chi connectivity index (χ4n) is 3.55. The zero-order chi connectivity index (χ0) is 20.5. The van der Waals surface area contributed by atoms with Gasteiger partial charge in [-0.3, -0.25) is 0 Å². The van der Waals surface area contributed by atoms with E-state index in [0.717, 1.165) is 31.3 Å². The van der Waals surface area contributed by atoms with E-state index in [9.17, 15) is 4.39 Å².